The molecular weight excluding hydrogens is 435 g/mol. The van der Waals surface area contributed by atoms with Crippen molar-refractivity contribution in [2.45, 2.75) is 40.5 Å². The Balaban J connectivity index is 2.19. The predicted molar refractivity (Wildman–Crippen MR) is 119 cm³/mol. The van der Waals surface area contributed by atoms with Crippen molar-refractivity contribution in [3.05, 3.63) is 62.2 Å². The summed E-state index contributed by atoms with van der Waals surface area (Å²) in [6, 6.07) is 6.10. The van der Waals surface area contributed by atoms with Crippen LogP contribution in [0.25, 0.3) is 0 Å². The third-order valence-electron chi connectivity index (χ3n) is 5.82. The van der Waals surface area contributed by atoms with Gasteiger partial charge in [-0.2, -0.15) is 0 Å². The van der Waals surface area contributed by atoms with Crippen molar-refractivity contribution in [3.63, 3.8) is 0 Å². The number of dihydropyridines is 1. The number of nitro benzene ring substituents is 1. The molecule has 0 radical (unpaired) electrons. The Hall–Kier alpha value is -2.48. The van der Waals surface area contributed by atoms with Crippen molar-refractivity contribution in [2.75, 3.05) is 19.8 Å². The number of para-hydroxylation sites is 1. The highest BCUT2D eigenvalue weighted by atomic mass is 31.2. The lowest BCUT2D eigenvalue weighted by Crippen LogP contribution is -2.32. The van der Waals surface area contributed by atoms with Crippen LogP contribution < -0.4 is 5.32 Å². The molecule has 0 aliphatic carbocycles. The van der Waals surface area contributed by atoms with Crippen LogP contribution in [0.1, 0.15) is 46.1 Å². The molecule has 1 aromatic rings. The van der Waals surface area contributed by atoms with Crippen molar-refractivity contribution in [1.29, 1.82) is 0 Å². The number of nitrogens with zero attached hydrogens (tertiary/aromatic N) is 1. The lowest BCUT2D eigenvalue weighted by Gasteiger charge is -2.38. The maximum absolute atomic E-state index is 14.0. The molecular formula is C22H29N2O7P. The predicted octanol–water partition coefficient (Wildman–Crippen LogP) is 4.86. The summed E-state index contributed by atoms with van der Waals surface area (Å²) in [4.78, 5) is 24.3. The Bertz CT molecular complexity index is 1020. The number of esters is 1. The summed E-state index contributed by atoms with van der Waals surface area (Å²) in [6.45, 7) is 9.69. The van der Waals surface area contributed by atoms with Gasteiger partial charge in [0, 0.05) is 28.9 Å². The second kappa shape index (κ2) is 9.57. The second-order valence-corrected chi connectivity index (χ2v) is 10.2. The van der Waals surface area contributed by atoms with Crippen LogP contribution in [0.4, 0.5) is 5.69 Å². The van der Waals surface area contributed by atoms with Crippen LogP contribution in [0.5, 0.6) is 0 Å². The molecule has 1 fully saturated rings. The zero-order valence-corrected chi connectivity index (χ0v) is 19.8. The standard InChI is InChI=1S/C22H29N2O7P/c1-6-29-22(25)19-14(4)23-15(5)21(32(28)30-11-16(12-31-32)13(2)3)20(19)17-9-7-8-10-18(17)24(26)27/h7-10,13,16,20,23H,6,11-12H2,1-5H3. The zero-order valence-electron chi connectivity index (χ0n) is 18.9. The first-order valence-electron chi connectivity index (χ1n) is 10.6. The molecule has 2 aliphatic heterocycles. The lowest BCUT2D eigenvalue weighted by molar-refractivity contribution is -0.385. The highest BCUT2D eigenvalue weighted by Gasteiger charge is 2.48. The Labute approximate surface area is 187 Å². The fourth-order valence-electron chi connectivity index (χ4n) is 4.02. The third kappa shape index (κ3) is 4.51. The highest BCUT2D eigenvalue weighted by Crippen LogP contribution is 2.66. The van der Waals surface area contributed by atoms with Crippen LogP contribution in [0.3, 0.4) is 0 Å². The number of carbonyl (C=O) groups is 1. The summed E-state index contributed by atoms with van der Waals surface area (Å²) in [6.07, 6.45) is 0. The van der Waals surface area contributed by atoms with Gasteiger partial charge in [0.2, 0.25) is 0 Å². The number of hydrogen-bond donors (Lipinski definition) is 1. The molecule has 1 saturated heterocycles. The fraction of sp³-hybridized carbons (Fsp3) is 0.500. The van der Waals surface area contributed by atoms with Gasteiger partial charge in [-0.3, -0.25) is 14.7 Å². The molecule has 0 bridgehead atoms. The molecule has 32 heavy (non-hydrogen) atoms. The minimum absolute atomic E-state index is 0.0702. The first kappa shape index (κ1) is 24.2. The van der Waals surface area contributed by atoms with Crippen LogP contribution in [0.2, 0.25) is 0 Å². The van der Waals surface area contributed by atoms with Crippen LogP contribution in [0.15, 0.2) is 46.5 Å². The molecule has 9 nitrogen and oxygen atoms in total. The molecule has 1 aromatic carbocycles. The molecule has 0 saturated carbocycles. The molecule has 0 spiro atoms. The lowest BCUT2D eigenvalue weighted by atomic mass is 9.85. The van der Waals surface area contributed by atoms with Gasteiger partial charge in [0.1, 0.15) is 0 Å². The van der Waals surface area contributed by atoms with E-state index < -0.39 is 24.4 Å². The van der Waals surface area contributed by atoms with Crippen LogP contribution in [0, 0.1) is 22.0 Å². The maximum Gasteiger partial charge on any atom is 0.360 e. The average Bonchev–Trinajstić information content (AvgIpc) is 2.73. The van der Waals surface area contributed by atoms with Crippen molar-refractivity contribution < 1.29 is 28.1 Å². The van der Waals surface area contributed by atoms with Gasteiger partial charge in [-0.25, -0.2) is 4.79 Å². The van der Waals surface area contributed by atoms with E-state index in [0.29, 0.717) is 11.4 Å². The number of hydrogen-bond acceptors (Lipinski definition) is 8. The fourth-order valence-corrected chi connectivity index (χ4v) is 6.20. The summed E-state index contributed by atoms with van der Waals surface area (Å²) >= 11 is 0. The number of nitro groups is 1. The summed E-state index contributed by atoms with van der Waals surface area (Å²) in [5.74, 6) is -1.32. The smallest absolute Gasteiger partial charge is 0.360 e. The van der Waals surface area contributed by atoms with Crippen molar-refractivity contribution in [3.8, 4) is 0 Å². The number of rotatable bonds is 6. The molecule has 2 aliphatic rings. The molecule has 2 heterocycles. The van der Waals surface area contributed by atoms with Gasteiger partial charge >= 0.3 is 13.6 Å². The molecule has 174 valence electrons. The minimum Gasteiger partial charge on any atom is -0.463 e. The number of nitrogens with one attached hydrogen (secondary N) is 1. The molecule has 1 atom stereocenters. The molecule has 3 rings (SSSR count). The largest absolute Gasteiger partial charge is 0.463 e. The molecule has 10 heteroatoms. The highest BCUT2D eigenvalue weighted by molar-refractivity contribution is 7.58. The third-order valence-corrected chi connectivity index (χ3v) is 7.98. The van der Waals surface area contributed by atoms with Crippen molar-refractivity contribution >= 4 is 19.3 Å². The van der Waals surface area contributed by atoms with Crippen molar-refractivity contribution in [1.82, 2.24) is 5.32 Å². The minimum atomic E-state index is -3.86. The van der Waals surface area contributed by atoms with Gasteiger partial charge in [-0.1, -0.05) is 32.0 Å². The quantitative estimate of drug-likeness (QED) is 0.274. The molecule has 0 amide bonds. The summed E-state index contributed by atoms with van der Waals surface area (Å²) in [5.41, 5.74) is 1.13. The Morgan fingerprint density at radius 2 is 1.88 bits per heavy atom. The summed E-state index contributed by atoms with van der Waals surface area (Å²) in [5, 5.41) is 15.1. The van der Waals surface area contributed by atoms with Gasteiger partial charge in [0.25, 0.3) is 5.69 Å². The number of carbonyl (C=O) groups excluding carboxylic acids is 1. The number of allylic oxidation sites excluding steroid dienone is 3. The molecule has 1 N–H and O–H groups in total. The van der Waals surface area contributed by atoms with E-state index >= 15 is 0 Å². The van der Waals surface area contributed by atoms with E-state index in [1.165, 1.54) is 6.07 Å². The summed E-state index contributed by atoms with van der Waals surface area (Å²) in [7, 11) is -3.86. The average molecular weight is 464 g/mol. The van der Waals surface area contributed by atoms with Crippen LogP contribution in [-0.2, 0) is 23.1 Å². The van der Waals surface area contributed by atoms with Gasteiger partial charge < -0.3 is 19.1 Å². The zero-order chi connectivity index (χ0) is 23.6. The number of ether oxygens (including phenoxy) is 1. The Morgan fingerprint density at radius 3 is 2.44 bits per heavy atom. The van der Waals surface area contributed by atoms with E-state index in [1.807, 2.05) is 13.8 Å². The van der Waals surface area contributed by atoms with E-state index in [9.17, 15) is 19.5 Å². The second-order valence-electron chi connectivity index (χ2n) is 8.24. The van der Waals surface area contributed by atoms with Gasteiger partial charge in [0.05, 0.1) is 41.5 Å². The van der Waals surface area contributed by atoms with E-state index in [0.717, 1.165) is 0 Å². The number of benzene rings is 1. The normalized spacial score (nSPS) is 26.2. The molecule has 1 unspecified atom stereocenters. The summed E-state index contributed by atoms with van der Waals surface area (Å²) < 4.78 is 30.9. The first-order valence-corrected chi connectivity index (χ1v) is 12.1. The van der Waals surface area contributed by atoms with E-state index in [4.69, 9.17) is 13.8 Å². The van der Waals surface area contributed by atoms with Crippen molar-refractivity contribution in [2.24, 2.45) is 11.8 Å². The van der Waals surface area contributed by atoms with E-state index in [-0.39, 0.29) is 53.8 Å². The Morgan fingerprint density at radius 1 is 1.25 bits per heavy atom. The molecule has 0 aromatic heterocycles. The van der Waals surface area contributed by atoms with E-state index in [1.54, 1.807) is 39.0 Å². The van der Waals surface area contributed by atoms with Crippen LogP contribution in [-0.4, -0.2) is 30.7 Å². The SMILES string of the molecule is CCOC(=O)C1=C(C)NC(C)=C(P2(=O)OCC(C(C)C)CO2)C1c1ccccc1[N+](=O)[O-]. The monoisotopic (exact) mass is 464 g/mol. The topological polar surface area (TPSA) is 117 Å². The Kier molecular flexibility index (Phi) is 7.22. The van der Waals surface area contributed by atoms with Crippen LogP contribution >= 0.6 is 7.60 Å². The van der Waals surface area contributed by atoms with E-state index in [2.05, 4.69) is 5.32 Å². The van der Waals surface area contributed by atoms with Gasteiger partial charge in [0.15, 0.2) is 0 Å². The first-order chi connectivity index (χ1) is 15.1. The van der Waals surface area contributed by atoms with Gasteiger partial charge in [-0.15, -0.1) is 0 Å². The van der Waals surface area contributed by atoms with Gasteiger partial charge in [-0.05, 0) is 26.7 Å². The maximum atomic E-state index is 14.0.